The average Bonchev–Trinajstić information content (AvgIpc) is 2.91. The Balaban J connectivity index is 1.56. The van der Waals surface area contributed by atoms with Crippen molar-refractivity contribution in [3.8, 4) is 0 Å². The topological polar surface area (TPSA) is 26.3 Å². The van der Waals surface area contributed by atoms with Gasteiger partial charge in [-0.15, -0.1) is 0 Å². The molecular formula is C31H40O2P+. The van der Waals surface area contributed by atoms with Crippen LogP contribution in [-0.2, 0) is 9.53 Å². The van der Waals surface area contributed by atoms with Crippen LogP contribution in [0.15, 0.2) is 91.0 Å². The van der Waals surface area contributed by atoms with Gasteiger partial charge in [0.2, 0.25) is 0 Å². The highest BCUT2D eigenvalue weighted by Crippen LogP contribution is 2.55. The van der Waals surface area contributed by atoms with Gasteiger partial charge in [-0.1, -0.05) is 93.1 Å². The van der Waals surface area contributed by atoms with Gasteiger partial charge in [0.1, 0.15) is 23.2 Å². The molecule has 0 aromatic heterocycles. The fourth-order valence-corrected chi connectivity index (χ4v) is 9.25. The Kier molecular flexibility index (Phi) is 11.3. The third-order valence-corrected chi connectivity index (χ3v) is 11.2. The predicted octanol–water partition coefficient (Wildman–Crippen LogP) is 7.05. The van der Waals surface area contributed by atoms with Crippen molar-refractivity contribution in [2.75, 3.05) is 13.3 Å². The van der Waals surface area contributed by atoms with Gasteiger partial charge < -0.3 is 4.74 Å². The molecule has 34 heavy (non-hydrogen) atoms. The average molecular weight is 476 g/mol. The molecular weight excluding hydrogens is 435 g/mol. The summed E-state index contributed by atoms with van der Waals surface area (Å²) >= 11 is 0. The van der Waals surface area contributed by atoms with Crippen molar-refractivity contribution in [3.05, 3.63) is 91.0 Å². The highest BCUT2D eigenvalue weighted by molar-refractivity contribution is 7.95. The standard InChI is InChI=1S/C31H40O2P/c1-33-31(32)26-18-7-5-3-2-4-6-8-19-27-34(28-20-12-9-13-21-28,29-22-14-10-15-23-29)30-24-16-11-17-25-30/h9-17,20-25H,2-8,18-19,26-27H2,1H3/q+1. The lowest BCUT2D eigenvalue weighted by molar-refractivity contribution is -0.140. The Bertz CT molecular complexity index is 844. The number of rotatable bonds is 15. The van der Waals surface area contributed by atoms with Crippen LogP contribution in [-0.4, -0.2) is 19.2 Å². The smallest absolute Gasteiger partial charge is 0.305 e. The van der Waals surface area contributed by atoms with E-state index in [-0.39, 0.29) is 5.97 Å². The van der Waals surface area contributed by atoms with E-state index in [2.05, 4.69) is 91.0 Å². The minimum atomic E-state index is -1.68. The van der Waals surface area contributed by atoms with Gasteiger partial charge in [0, 0.05) is 6.42 Å². The molecule has 0 atom stereocenters. The van der Waals surface area contributed by atoms with Gasteiger partial charge in [-0.05, 0) is 55.7 Å². The summed E-state index contributed by atoms with van der Waals surface area (Å²) in [6.07, 6.45) is 12.8. The van der Waals surface area contributed by atoms with E-state index in [0.717, 1.165) is 12.8 Å². The van der Waals surface area contributed by atoms with E-state index in [9.17, 15) is 4.79 Å². The summed E-state index contributed by atoms with van der Waals surface area (Å²) < 4.78 is 4.70. The number of carbonyl (C=O) groups excluding carboxylic acids is 1. The third-order valence-electron chi connectivity index (χ3n) is 6.69. The quantitative estimate of drug-likeness (QED) is 0.134. The molecule has 0 saturated carbocycles. The summed E-state index contributed by atoms with van der Waals surface area (Å²) in [5.41, 5.74) is 0. The minimum Gasteiger partial charge on any atom is -0.469 e. The molecule has 0 N–H and O–H groups in total. The number of methoxy groups -OCH3 is 1. The van der Waals surface area contributed by atoms with E-state index in [1.54, 1.807) is 0 Å². The molecule has 3 aromatic rings. The van der Waals surface area contributed by atoms with E-state index in [0.29, 0.717) is 6.42 Å². The lowest BCUT2D eigenvalue weighted by Crippen LogP contribution is -2.33. The molecule has 0 amide bonds. The number of benzene rings is 3. The molecule has 0 bridgehead atoms. The van der Waals surface area contributed by atoms with Crippen LogP contribution in [0.25, 0.3) is 0 Å². The zero-order chi connectivity index (χ0) is 23.9. The molecule has 0 heterocycles. The number of hydrogen-bond donors (Lipinski definition) is 0. The number of ether oxygens (including phenoxy) is 1. The zero-order valence-corrected chi connectivity index (χ0v) is 21.6. The Labute approximate surface area is 207 Å². The van der Waals surface area contributed by atoms with Gasteiger partial charge in [0.05, 0.1) is 13.3 Å². The molecule has 0 aliphatic carbocycles. The molecule has 3 aromatic carbocycles. The first kappa shape index (κ1) is 26.2. The first-order valence-corrected chi connectivity index (χ1v) is 14.9. The molecule has 2 nitrogen and oxygen atoms in total. The van der Waals surface area contributed by atoms with Crippen LogP contribution in [0.3, 0.4) is 0 Å². The van der Waals surface area contributed by atoms with Crippen LogP contribution in [0.4, 0.5) is 0 Å². The minimum absolute atomic E-state index is 0.0829. The SMILES string of the molecule is COC(=O)CCCCCCCCCCC[P+](c1ccccc1)(c1ccccc1)c1ccccc1. The summed E-state index contributed by atoms with van der Waals surface area (Å²) in [5.74, 6) is -0.0829. The third kappa shape index (κ3) is 7.54. The van der Waals surface area contributed by atoms with Gasteiger partial charge in [0.25, 0.3) is 0 Å². The fourth-order valence-electron chi connectivity index (χ4n) is 4.84. The predicted molar refractivity (Wildman–Crippen MR) is 148 cm³/mol. The fraction of sp³-hybridized carbons (Fsp3) is 0.387. The molecule has 180 valence electrons. The second-order valence-electron chi connectivity index (χ2n) is 9.05. The van der Waals surface area contributed by atoms with E-state index in [4.69, 9.17) is 4.74 Å². The summed E-state index contributed by atoms with van der Waals surface area (Å²) in [4.78, 5) is 11.2. The van der Waals surface area contributed by atoms with Gasteiger partial charge in [-0.25, -0.2) is 0 Å². The van der Waals surface area contributed by atoms with Gasteiger partial charge in [-0.3, -0.25) is 4.79 Å². The summed E-state index contributed by atoms with van der Waals surface area (Å²) in [5, 5.41) is 4.46. The first-order valence-electron chi connectivity index (χ1n) is 12.9. The van der Waals surface area contributed by atoms with E-state index >= 15 is 0 Å². The van der Waals surface area contributed by atoms with Crippen molar-refractivity contribution in [1.82, 2.24) is 0 Å². The summed E-state index contributed by atoms with van der Waals surface area (Å²) in [6, 6.07) is 33.6. The normalized spacial score (nSPS) is 11.3. The number of hydrogen-bond acceptors (Lipinski definition) is 2. The van der Waals surface area contributed by atoms with Crippen molar-refractivity contribution in [3.63, 3.8) is 0 Å². The number of carbonyl (C=O) groups is 1. The molecule has 0 aliphatic heterocycles. The monoisotopic (exact) mass is 475 g/mol. The molecule has 0 aliphatic rings. The Hall–Kier alpha value is -2.44. The van der Waals surface area contributed by atoms with Crippen molar-refractivity contribution in [2.24, 2.45) is 0 Å². The zero-order valence-electron chi connectivity index (χ0n) is 20.7. The van der Waals surface area contributed by atoms with Crippen LogP contribution in [0.2, 0.25) is 0 Å². The van der Waals surface area contributed by atoms with Gasteiger partial charge in [-0.2, -0.15) is 0 Å². The van der Waals surface area contributed by atoms with Crippen molar-refractivity contribution in [1.29, 1.82) is 0 Å². The van der Waals surface area contributed by atoms with Crippen LogP contribution in [0.1, 0.15) is 64.2 Å². The van der Waals surface area contributed by atoms with E-state index in [1.807, 2.05) is 0 Å². The van der Waals surface area contributed by atoms with Crippen LogP contribution in [0.5, 0.6) is 0 Å². The Morgan fingerprint density at radius 3 is 1.29 bits per heavy atom. The first-order chi connectivity index (χ1) is 16.8. The second kappa shape index (κ2) is 14.7. The molecule has 3 heteroatoms. The van der Waals surface area contributed by atoms with Gasteiger partial charge in [0.15, 0.2) is 0 Å². The largest absolute Gasteiger partial charge is 0.469 e. The van der Waals surface area contributed by atoms with Crippen molar-refractivity contribution < 1.29 is 9.53 Å². The van der Waals surface area contributed by atoms with Crippen LogP contribution >= 0.6 is 7.26 Å². The maximum Gasteiger partial charge on any atom is 0.305 e. The molecule has 0 spiro atoms. The van der Waals surface area contributed by atoms with Gasteiger partial charge >= 0.3 is 5.97 Å². The molecule has 0 unspecified atom stereocenters. The summed E-state index contributed by atoms with van der Waals surface area (Å²) in [6.45, 7) is 0. The van der Waals surface area contributed by atoms with Crippen LogP contribution in [0, 0.1) is 0 Å². The molecule has 3 rings (SSSR count). The number of unbranched alkanes of at least 4 members (excludes halogenated alkanes) is 8. The van der Waals surface area contributed by atoms with E-state index in [1.165, 1.54) is 74.1 Å². The van der Waals surface area contributed by atoms with E-state index < -0.39 is 7.26 Å². The van der Waals surface area contributed by atoms with Crippen LogP contribution < -0.4 is 15.9 Å². The lowest BCUT2D eigenvalue weighted by Gasteiger charge is -2.27. The maximum atomic E-state index is 11.2. The molecule has 0 saturated heterocycles. The summed E-state index contributed by atoms with van der Waals surface area (Å²) in [7, 11) is -0.210. The Morgan fingerprint density at radius 2 is 0.912 bits per heavy atom. The van der Waals surface area contributed by atoms with Crippen molar-refractivity contribution in [2.45, 2.75) is 64.2 Å². The van der Waals surface area contributed by atoms with Crippen molar-refractivity contribution >= 4 is 29.1 Å². The second-order valence-corrected chi connectivity index (χ2v) is 12.7. The number of esters is 1. The maximum absolute atomic E-state index is 11.2. The molecule has 0 radical (unpaired) electrons. The molecule has 0 fully saturated rings. The Morgan fingerprint density at radius 1 is 0.559 bits per heavy atom. The lowest BCUT2D eigenvalue weighted by atomic mass is 10.1. The highest BCUT2D eigenvalue weighted by Gasteiger charge is 2.44. The highest BCUT2D eigenvalue weighted by atomic mass is 31.2.